The fraction of sp³-hybridized carbons (Fsp3) is 0.474. The summed E-state index contributed by atoms with van der Waals surface area (Å²) in [5.74, 6) is 0.498. The number of pyridine rings is 1. The molecule has 2 aromatic heterocycles. The van der Waals surface area contributed by atoms with E-state index in [1.165, 1.54) is 10.5 Å². The van der Waals surface area contributed by atoms with Gasteiger partial charge in [-0.1, -0.05) is 26.8 Å². The number of nitrogens with zero attached hydrogens (tertiary/aromatic N) is 5. The van der Waals surface area contributed by atoms with Crippen molar-refractivity contribution >= 4 is 15.9 Å². The van der Waals surface area contributed by atoms with Crippen LogP contribution in [0.3, 0.4) is 0 Å². The average molecular weight is 404 g/mol. The van der Waals surface area contributed by atoms with Gasteiger partial charge in [-0.15, -0.1) is 0 Å². The van der Waals surface area contributed by atoms with Gasteiger partial charge in [-0.05, 0) is 19.1 Å². The molecule has 150 valence electrons. The second-order valence-corrected chi connectivity index (χ2v) is 9.70. The summed E-state index contributed by atoms with van der Waals surface area (Å²) in [6.45, 7) is 8.49. The molecular formula is C19H25N5O3S. The number of rotatable bonds is 3. The molecule has 1 aliphatic rings. The molecule has 1 amide bonds. The molecule has 0 unspecified atom stereocenters. The van der Waals surface area contributed by atoms with Gasteiger partial charge in [-0.3, -0.25) is 9.78 Å². The number of amides is 1. The summed E-state index contributed by atoms with van der Waals surface area (Å²) in [5.41, 5.74) is 0.285. The molecule has 28 heavy (non-hydrogen) atoms. The SMILES string of the molecule is Cc1ncc(S(=O)(=O)N2CCN(C(=O)C(C)(C)C)CC2)c(-c2ccccn2)n1. The Morgan fingerprint density at radius 1 is 1.07 bits per heavy atom. The second kappa shape index (κ2) is 7.56. The zero-order valence-corrected chi connectivity index (χ0v) is 17.4. The molecule has 0 spiro atoms. The summed E-state index contributed by atoms with van der Waals surface area (Å²) in [7, 11) is -3.81. The summed E-state index contributed by atoms with van der Waals surface area (Å²) in [5, 5.41) is 0. The van der Waals surface area contributed by atoms with Crippen molar-refractivity contribution in [3.05, 3.63) is 36.4 Å². The smallest absolute Gasteiger partial charge is 0.246 e. The molecule has 1 fully saturated rings. The molecule has 0 N–H and O–H groups in total. The van der Waals surface area contributed by atoms with Crippen molar-refractivity contribution in [1.82, 2.24) is 24.2 Å². The van der Waals surface area contributed by atoms with Crippen LogP contribution in [0, 0.1) is 12.3 Å². The van der Waals surface area contributed by atoms with Gasteiger partial charge in [-0.2, -0.15) is 4.31 Å². The van der Waals surface area contributed by atoms with Gasteiger partial charge in [0.1, 0.15) is 16.4 Å². The zero-order valence-electron chi connectivity index (χ0n) is 16.6. The highest BCUT2D eigenvalue weighted by Gasteiger charge is 2.35. The van der Waals surface area contributed by atoms with Gasteiger partial charge in [0, 0.05) is 37.8 Å². The lowest BCUT2D eigenvalue weighted by Gasteiger charge is -2.37. The van der Waals surface area contributed by atoms with E-state index in [0.29, 0.717) is 30.3 Å². The van der Waals surface area contributed by atoms with Gasteiger partial charge < -0.3 is 4.90 Å². The van der Waals surface area contributed by atoms with Crippen LogP contribution in [0.15, 0.2) is 35.5 Å². The first-order valence-electron chi connectivity index (χ1n) is 9.15. The first-order valence-corrected chi connectivity index (χ1v) is 10.6. The molecule has 0 aromatic carbocycles. The van der Waals surface area contributed by atoms with Crippen LogP contribution in [0.1, 0.15) is 26.6 Å². The predicted octanol–water partition coefficient (Wildman–Crippen LogP) is 1.73. The molecule has 0 atom stereocenters. The molecule has 0 aliphatic carbocycles. The monoisotopic (exact) mass is 403 g/mol. The summed E-state index contributed by atoms with van der Waals surface area (Å²) < 4.78 is 28.0. The van der Waals surface area contributed by atoms with E-state index < -0.39 is 15.4 Å². The Balaban J connectivity index is 1.88. The molecule has 0 radical (unpaired) electrons. The summed E-state index contributed by atoms with van der Waals surface area (Å²) in [6, 6.07) is 5.27. The van der Waals surface area contributed by atoms with E-state index >= 15 is 0 Å². The molecule has 0 bridgehead atoms. The fourth-order valence-electron chi connectivity index (χ4n) is 3.08. The highest BCUT2D eigenvalue weighted by Crippen LogP contribution is 2.27. The lowest BCUT2D eigenvalue weighted by molar-refractivity contribution is -0.140. The number of aromatic nitrogens is 3. The predicted molar refractivity (Wildman–Crippen MR) is 105 cm³/mol. The summed E-state index contributed by atoms with van der Waals surface area (Å²) in [4.78, 5) is 26.9. The van der Waals surface area contributed by atoms with Crippen molar-refractivity contribution in [1.29, 1.82) is 0 Å². The highest BCUT2D eigenvalue weighted by molar-refractivity contribution is 7.89. The van der Waals surface area contributed by atoms with E-state index in [2.05, 4.69) is 15.0 Å². The van der Waals surface area contributed by atoms with Crippen LogP contribution in [0.25, 0.3) is 11.4 Å². The van der Waals surface area contributed by atoms with Crippen molar-refractivity contribution in [3.63, 3.8) is 0 Å². The van der Waals surface area contributed by atoms with Crippen molar-refractivity contribution < 1.29 is 13.2 Å². The Bertz CT molecular complexity index is 963. The van der Waals surface area contributed by atoms with E-state index in [1.807, 2.05) is 20.8 Å². The van der Waals surface area contributed by atoms with E-state index in [9.17, 15) is 13.2 Å². The van der Waals surface area contributed by atoms with Crippen LogP contribution < -0.4 is 0 Å². The third kappa shape index (κ3) is 4.05. The minimum atomic E-state index is -3.81. The van der Waals surface area contributed by atoms with Crippen LogP contribution in [0.5, 0.6) is 0 Å². The topological polar surface area (TPSA) is 96.4 Å². The fourth-order valence-corrected chi connectivity index (χ4v) is 4.58. The molecule has 3 rings (SSSR count). The third-order valence-electron chi connectivity index (χ3n) is 4.57. The number of aryl methyl sites for hydroxylation is 1. The molecule has 3 heterocycles. The number of carbonyl (C=O) groups excluding carboxylic acids is 1. The van der Waals surface area contributed by atoms with E-state index in [0.717, 1.165) is 0 Å². The van der Waals surface area contributed by atoms with Gasteiger partial charge in [0.15, 0.2) is 0 Å². The first-order chi connectivity index (χ1) is 13.1. The van der Waals surface area contributed by atoms with E-state index in [1.54, 1.807) is 36.2 Å². The zero-order chi connectivity index (χ0) is 20.5. The van der Waals surface area contributed by atoms with E-state index in [4.69, 9.17) is 0 Å². The minimum absolute atomic E-state index is 0.0254. The minimum Gasteiger partial charge on any atom is -0.340 e. The second-order valence-electron chi connectivity index (χ2n) is 7.79. The number of carbonyl (C=O) groups is 1. The summed E-state index contributed by atoms with van der Waals surface area (Å²) in [6.07, 6.45) is 2.94. The maximum absolute atomic E-state index is 13.3. The Morgan fingerprint density at radius 2 is 1.75 bits per heavy atom. The first kappa shape index (κ1) is 20.3. The largest absolute Gasteiger partial charge is 0.340 e. The summed E-state index contributed by atoms with van der Waals surface area (Å²) >= 11 is 0. The molecule has 1 saturated heterocycles. The van der Waals surface area contributed by atoms with Crippen LogP contribution in [0.4, 0.5) is 0 Å². The van der Waals surface area contributed by atoms with Crippen LogP contribution in [-0.2, 0) is 14.8 Å². The third-order valence-corrected chi connectivity index (χ3v) is 6.47. The Labute approximate surface area is 165 Å². The van der Waals surface area contributed by atoms with Crippen LogP contribution in [0.2, 0.25) is 0 Å². The maximum Gasteiger partial charge on any atom is 0.246 e. The van der Waals surface area contributed by atoms with Crippen molar-refractivity contribution in [3.8, 4) is 11.4 Å². The van der Waals surface area contributed by atoms with Crippen molar-refractivity contribution in [2.24, 2.45) is 5.41 Å². The van der Waals surface area contributed by atoms with Crippen molar-refractivity contribution in [2.45, 2.75) is 32.6 Å². The van der Waals surface area contributed by atoms with Crippen molar-refractivity contribution in [2.75, 3.05) is 26.2 Å². The molecule has 1 aliphatic heterocycles. The molecule has 8 nitrogen and oxygen atoms in total. The molecule has 9 heteroatoms. The molecule has 0 saturated carbocycles. The maximum atomic E-state index is 13.3. The number of hydrogen-bond acceptors (Lipinski definition) is 6. The van der Waals surface area contributed by atoms with Crippen LogP contribution in [-0.4, -0.2) is 64.7 Å². The van der Waals surface area contributed by atoms with Gasteiger partial charge in [0.05, 0.1) is 11.9 Å². The normalized spacial score (nSPS) is 16.2. The quantitative estimate of drug-likeness (QED) is 0.774. The average Bonchev–Trinajstić information content (AvgIpc) is 2.67. The van der Waals surface area contributed by atoms with Gasteiger partial charge in [0.25, 0.3) is 0 Å². The standard InChI is InChI=1S/C19H25N5O3S/c1-14-21-13-16(17(22-14)15-7-5-6-8-20-15)28(26,27)24-11-9-23(10-12-24)18(25)19(2,3)4/h5-8,13H,9-12H2,1-4H3. The highest BCUT2D eigenvalue weighted by atomic mass is 32.2. The molecule has 2 aromatic rings. The Kier molecular flexibility index (Phi) is 5.49. The van der Waals surface area contributed by atoms with Gasteiger partial charge >= 0.3 is 0 Å². The Morgan fingerprint density at radius 3 is 2.32 bits per heavy atom. The lowest BCUT2D eigenvalue weighted by atomic mass is 9.94. The lowest BCUT2D eigenvalue weighted by Crippen LogP contribution is -2.53. The number of hydrogen-bond donors (Lipinski definition) is 0. The van der Waals surface area contributed by atoms with Gasteiger partial charge in [0.2, 0.25) is 15.9 Å². The number of sulfonamides is 1. The van der Waals surface area contributed by atoms with Gasteiger partial charge in [-0.25, -0.2) is 18.4 Å². The number of piperazine rings is 1. The Hall–Kier alpha value is -2.39. The van der Waals surface area contributed by atoms with Crippen LogP contribution >= 0.6 is 0 Å². The molecular weight excluding hydrogens is 378 g/mol. The van der Waals surface area contributed by atoms with E-state index in [-0.39, 0.29) is 23.9 Å².